The number of ether oxygens (including phenoxy) is 1. The highest BCUT2D eigenvalue weighted by Gasteiger charge is 2.04. The zero-order chi connectivity index (χ0) is 16.0. The molecular formula is C19H27NO2. The molecule has 0 heterocycles. The molecule has 0 aromatic heterocycles. The number of carbonyl (C=O) groups excluding carboxylic acids is 1. The number of nitriles is 1. The number of rotatable bonds is 11. The van der Waals surface area contributed by atoms with Gasteiger partial charge in [0.25, 0.3) is 0 Å². The molecule has 0 spiro atoms. The predicted molar refractivity (Wildman–Crippen MR) is 88.6 cm³/mol. The van der Waals surface area contributed by atoms with Gasteiger partial charge in [-0.25, -0.2) is 0 Å². The van der Waals surface area contributed by atoms with Gasteiger partial charge >= 0.3 is 5.97 Å². The van der Waals surface area contributed by atoms with Crippen molar-refractivity contribution in [1.82, 2.24) is 0 Å². The molecule has 1 aromatic carbocycles. The maximum atomic E-state index is 11.7. The Kier molecular flexibility index (Phi) is 9.78. The number of hydrogen-bond acceptors (Lipinski definition) is 3. The van der Waals surface area contributed by atoms with E-state index in [0.717, 1.165) is 12.8 Å². The number of carbonyl (C=O) groups is 1. The summed E-state index contributed by atoms with van der Waals surface area (Å²) in [6, 6.07) is 8.66. The Labute approximate surface area is 134 Å². The van der Waals surface area contributed by atoms with Gasteiger partial charge in [-0.3, -0.25) is 4.79 Å². The quantitative estimate of drug-likeness (QED) is 0.313. The van der Waals surface area contributed by atoms with Gasteiger partial charge in [0.2, 0.25) is 0 Å². The minimum atomic E-state index is -0.187. The van der Waals surface area contributed by atoms with E-state index in [9.17, 15) is 4.79 Å². The van der Waals surface area contributed by atoms with Crippen LogP contribution in [-0.4, -0.2) is 5.97 Å². The molecule has 3 nitrogen and oxygen atoms in total. The van der Waals surface area contributed by atoms with E-state index in [4.69, 9.17) is 10.00 Å². The Hall–Kier alpha value is -1.82. The van der Waals surface area contributed by atoms with E-state index in [-0.39, 0.29) is 5.97 Å². The normalized spacial score (nSPS) is 10.2. The topological polar surface area (TPSA) is 50.1 Å². The second kappa shape index (κ2) is 11.8. The van der Waals surface area contributed by atoms with Gasteiger partial charge in [0.1, 0.15) is 5.75 Å². The monoisotopic (exact) mass is 301 g/mol. The second-order valence-electron chi connectivity index (χ2n) is 5.69. The third-order valence-corrected chi connectivity index (χ3v) is 3.70. The maximum Gasteiger partial charge on any atom is 0.311 e. The highest BCUT2D eigenvalue weighted by atomic mass is 16.5. The smallest absolute Gasteiger partial charge is 0.311 e. The Morgan fingerprint density at radius 2 is 1.50 bits per heavy atom. The molecule has 120 valence electrons. The minimum absolute atomic E-state index is 0.187. The van der Waals surface area contributed by atoms with Gasteiger partial charge in [-0.1, -0.05) is 58.3 Å². The first kappa shape index (κ1) is 18.2. The Morgan fingerprint density at radius 1 is 0.955 bits per heavy atom. The van der Waals surface area contributed by atoms with Crippen molar-refractivity contribution in [3.63, 3.8) is 0 Å². The molecule has 3 heteroatoms. The molecule has 1 rings (SSSR count). The van der Waals surface area contributed by atoms with Gasteiger partial charge in [0.05, 0.1) is 11.6 Å². The lowest BCUT2D eigenvalue weighted by molar-refractivity contribution is -0.134. The van der Waals surface area contributed by atoms with E-state index in [0.29, 0.717) is 17.7 Å². The predicted octanol–water partition coefficient (Wildman–Crippen LogP) is 5.38. The fraction of sp³-hybridized carbons (Fsp3) is 0.579. The second-order valence-corrected chi connectivity index (χ2v) is 5.69. The zero-order valence-electron chi connectivity index (χ0n) is 13.6. The van der Waals surface area contributed by atoms with Crippen LogP contribution in [0.15, 0.2) is 24.3 Å². The van der Waals surface area contributed by atoms with Crippen LogP contribution in [0.5, 0.6) is 5.75 Å². The van der Waals surface area contributed by atoms with Crippen LogP contribution in [0.25, 0.3) is 0 Å². The molecule has 0 fully saturated rings. The molecule has 0 aliphatic rings. The van der Waals surface area contributed by atoms with Crippen LogP contribution >= 0.6 is 0 Å². The van der Waals surface area contributed by atoms with E-state index in [2.05, 4.69) is 6.92 Å². The molecule has 0 bridgehead atoms. The van der Waals surface area contributed by atoms with Crippen LogP contribution < -0.4 is 4.74 Å². The highest BCUT2D eigenvalue weighted by Crippen LogP contribution is 2.14. The van der Waals surface area contributed by atoms with Crippen molar-refractivity contribution in [2.24, 2.45) is 0 Å². The van der Waals surface area contributed by atoms with Crippen molar-refractivity contribution in [1.29, 1.82) is 5.26 Å². The van der Waals surface area contributed by atoms with Gasteiger partial charge in [-0.05, 0) is 30.7 Å². The fourth-order valence-electron chi connectivity index (χ4n) is 2.36. The maximum absolute atomic E-state index is 11.7. The first-order valence-corrected chi connectivity index (χ1v) is 8.47. The third kappa shape index (κ3) is 8.46. The van der Waals surface area contributed by atoms with E-state index in [1.54, 1.807) is 24.3 Å². The minimum Gasteiger partial charge on any atom is -0.427 e. The van der Waals surface area contributed by atoms with E-state index < -0.39 is 0 Å². The molecule has 0 saturated carbocycles. The molecule has 0 saturated heterocycles. The SMILES string of the molecule is CCCCCCCCCCCC(=O)Oc1ccc(C#N)cc1. The van der Waals surface area contributed by atoms with Gasteiger partial charge in [-0.2, -0.15) is 5.26 Å². The summed E-state index contributed by atoms with van der Waals surface area (Å²) in [5, 5.41) is 8.70. The molecular weight excluding hydrogens is 274 g/mol. The van der Waals surface area contributed by atoms with Crippen LogP contribution in [0.1, 0.15) is 76.7 Å². The summed E-state index contributed by atoms with van der Waals surface area (Å²) in [6.45, 7) is 2.23. The van der Waals surface area contributed by atoms with Crippen molar-refractivity contribution >= 4 is 5.97 Å². The number of esters is 1. The lowest BCUT2D eigenvalue weighted by atomic mass is 10.1. The third-order valence-electron chi connectivity index (χ3n) is 3.70. The largest absolute Gasteiger partial charge is 0.427 e. The Balaban J connectivity index is 2.02. The number of nitrogens with zero attached hydrogens (tertiary/aromatic N) is 1. The van der Waals surface area contributed by atoms with E-state index >= 15 is 0 Å². The molecule has 0 amide bonds. The summed E-state index contributed by atoms with van der Waals surface area (Å²) in [7, 11) is 0. The molecule has 0 aliphatic heterocycles. The first-order valence-electron chi connectivity index (χ1n) is 8.47. The fourth-order valence-corrected chi connectivity index (χ4v) is 2.36. The van der Waals surface area contributed by atoms with Crippen LogP contribution in [-0.2, 0) is 4.79 Å². The van der Waals surface area contributed by atoms with E-state index in [1.165, 1.54) is 44.9 Å². The van der Waals surface area contributed by atoms with Crippen LogP contribution in [0.2, 0.25) is 0 Å². The summed E-state index contributed by atoms with van der Waals surface area (Å²) in [4.78, 5) is 11.7. The molecule has 22 heavy (non-hydrogen) atoms. The average Bonchev–Trinajstić information content (AvgIpc) is 2.54. The molecule has 0 unspecified atom stereocenters. The summed E-state index contributed by atoms with van der Waals surface area (Å²) >= 11 is 0. The van der Waals surface area contributed by atoms with Crippen LogP contribution in [0.4, 0.5) is 0 Å². The first-order chi connectivity index (χ1) is 10.8. The molecule has 0 radical (unpaired) electrons. The Morgan fingerprint density at radius 3 is 2.05 bits per heavy atom. The highest BCUT2D eigenvalue weighted by molar-refractivity contribution is 5.72. The lowest BCUT2D eigenvalue weighted by Crippen LogP contribution is -2.07. The molecule has 1 aromatic rings. The summed E-state index contributed by atoms with van der Waals surface area (Å²) in [5.41, 5.74) is 0.568. The average molecular weight is 301 g/mol. The summed E-state index contributed by atoms with van der Waals surface area (Å²) in [6.07, 6.45) is 11.6. The molecule has 0 N–H and O–H groups in total. The van der Waals surface area contributed by atoms with Crippen molar-refractivity contribution < 1.29 is 9.53 Å². The molecule has 0 aliphatic carbocycles. The van der Waals surface area contributed by atoms with E-state index in [1.807, 2.05) is 6.07 Å². The van der Waals surface area contributed by atoms with Gasteiger partial charge < -0.3 is 4.74 Å². The standard InChI is InChI=1S/C19H27NO2/c1-2-3-4-5-6-7-8-9-10-11-19(21)22-18-14-12-17(16-20)13-15-18/h12-15H,2-11H2,1H3. The van der Waals surface area contributed by atoms with Crippen LogP contribution in [0, 0.1) is 11.3 Å². The van der Waals surface area contributed by atoms with Crippen molar-refractivity contribution in [2.75, 3.05) is 0 Å². The molecule has 0 atom stereocenters. The summed E-state index contributed by atoms with van der Waals surface area (Å²) in [5.74, 6) is 0.326. The number of unbranched alkanes of at least 4 members (excludes halogenated alkanes) is 8. The van der Waals surface area contributed by atoms with Crippen LogP contribution in [0.3, 0.4) is 0 Å². The number of benzene rings is 1. The van der Waals surface area contributed by atoms with Crippen molar-refractivity contribution in [3.8, 4) is 11.8 Å². The summed E-state index contributed by atoms with van der Waals surface area (Å²) < 4.78 is 5.24. The zero-order valence-corrected chi connectivity index (χ0v) is 13.6. The van der Waals surface area contributed by atoms with Gasteiger partial charge in [0, 0.05) is 6.42 Å². The van der Waals surface area contributed by atoms with Crippen molar-refractivity contribution in [3.05, 3.63) is 29.8 Å². The number of hydrogen-bond donors (Lipinski definition) is 0. The van der Waals surface area contributed by atoms with Gasteiger partial charge in [-0.15, -0.1) is 0 Å². The van der Waals surface area contributed by atoms with Gasteiger partial charge in [0.15, 0.2) is 0 Å². The van der Waals surface area contributed by atoms with Crippen molar-refractivity contribution in [2.45, 2.75) is 71.1 Å². The Bertz CT molecular complexity index is 459. The lowest BCUT2D eigenvalue weighted by Gasteiger charge is -2.04.